The highest BCUT2D eigenvalue weighted by Gasteiger charge is 2.28. The molecule has 1 saturated heterocycles. The quantitative estimate of drug-likeness (QED) is 0.694. The van der Waals surface area contributed by atoms with E-state index < -0.39 is 0 Å². The predicted molar refractivity (Wildman–Crippen MR) is 60.9 cm³/mol. The monoisotopic (exact) mass is 216 g/mol. The molecule has 0 aromatic rings. The summed E-state index contributed by atoms with van der Waals surface area (Å²) in [4.78, 5) is 2.36. The topological polar surface area (TPSA) is 47.7 Å². The zero-order valence-electron chi connectivity index (χ0n) is 10.1. The molecule has 0 aliphatic carbocycles. The van der Waals surface area contributed by atoms with Crippen molar-refractivity contribution >= 4 is 0 Å². The molecule has 1 heterocycles. The van der Waals surface area contributed by atoms with Gasteiger partial charge in [0.25, 0.3) is 0 Å². The molecule has 0 bridgehead atoms. The van der Waals surface area contributed by atoms with Crippen LogP contribution in [0.4, 0.5) is 0 Å². The van der Waals surface area contributed by atoms with Gasteiger partial charge in [-0.25, -0.2) is 0 Å². The van der Waals surface area contributed by atoms with Gasteiger partial charge in [-0.2, -0.15) is 0 Å². The third-order valence-electron chi connectivity index (χ3n) is 3.33. The van der Waals surface area contributed by atoms with Crippen LogP contribution in [0, 0.1) is 5.92 Å². The van der Waals surface area contributed by atoms with Crippen LogP contribution in [-0.4, -0.2) is 57.5 Å². The zero-order chi connectivity index (χ0) is 11.3. The second-order valence-electron chi connectivity index (χ2n) is 4.42. The lowest BCUT2D eigenvalue weighted by Crippen LogP contribution is -2.49. The molecule has 1 aliphatic heterocycles. The summed E-state index contributed by atoms with van der Waals surface area (Å²) >= 11 is 0. The van der Waals surface area contributed by atoms with Crippen LogP contribution in [0.5, 0.6) is 0 Å². The number of rotatable bonds is 6. The van der Waals surface area contributed by atoms with E-state index in [-0.39, 0.29) is 0 Å². The normalized spacial score (nSPS) is 25.8. The summed E-state index contributed by atoms with van der Waals surface area (Å²) in [5.41, 5.74) is 5.83. The average Bonchev–Trinajstić information content (AvgIpc) is 2.71. The molecule has 0 aromatic carbocycles. The van der Waals surface area contributed by atoms with Crippen LogP contribution < -0.4 is 5.73 Å². The van der Waals surface area contributed by atoms with Crippen LogP contribution in [-0.2, 0) is 9.47 Å². The Balaban J connectivity index is 2.48. The van der Waals surface area contributed by atoms with Gasteiger partial charge in [-0.15, -0.1) is 0 Å². The minimum atomic E-state index is 0.386. The van der Waals surface area contributed by atoms with Gasteiger partial charge in [0.15, 0.2) is 0 Å². The first-order valence-corrected chi connectivity index (χ1v) is 5.69. The van der Waals surface area contributed by atoms with Crippen LogP contribution >= 0.6 is 0 Å². The fourth-order valence-electron chi connectivity index (χ4n) is 2.29. The minimum absolute atomic E-state index is 0.386. The molecule has 4 heteroatoms. The Kier molecular flexibility index (Phi) is 5.53. The van der Waals surface area contributed by atoms with Gasteiger partial charge in [0, 0.05) is 32.3 Å². The first kappa shape index (κ1) is 12.9. The summed E-state index contributed by atoms with van der Waals surface area (Å²) in [6, 6.07) is 0.912. The predicted octanol–water partition coefficient (Wildman–Crippen LogP) is 0.317. The Morgan fingerprint density at radius 2 is 2.33 bits per heavy atom. The Hall–Kier alpha value is -0.160. The maximum atomic E-state index is 5.83. The van der Waals surface area contributed by atoms with Crippen LogP contribution in [0.1, 0.15) is 13.3 Å². The molecule has 0 spiro atoms. The lowest BCUT2D eigenvalue weighted by molar-refractivity contribution is 0.0697. The second-order valence-corrected chi connectivity index (χ2v) is 4.42. The molecule has 1 aliphatic rings. The molecule has 0 amide bonds. The van der Waals surface area contributed by atoms with Crippen LogP contribution in [0.2, 0.25) is 0 Å². The van der Waals surface area contributed by atoms with Gasteiger partial charge in [0.2, 0.25) is 0 Å². The van der Waals surface area contributed by atoms with Crippen molar-refractivity contribution in [2.24, 2.45) is 11.7 Å². The summed E-state index contributed by atoms with van der Waals surface area (Å²) in [7, 11) is 3.88. The molecule has 90 valence electrons. The van der Waals surface area contributed by atoms with E-state index in [4.69, 9.17) is 15.2 Å². The van der Waals surface area contributed by atoms with Crippen LogP contribution in [0.25, 0.3) is 0 Å². The molecule has 0 saturated carbocycles. The van der Waals surface area contributed by atoms with E-state index in [0.717, 1.165) is 26.2 Å². The van der Waals surface area contributed by atoms with Gasteiger partial charge < -0.3 is 15.2 Å². The van der Waals surface area contributed by atoms with E-state index >= 15 is 0 Å². The van der Waals surface area contributed by atoms with E-state index in [9.17, 15) is 0 Å². The van der Waals surface area contributed by atoms with Crippen molar-refractivity contribution in [2.75, 3.05) is 40.5 Å². The number of likely N-dealkylation sites (N-methyl/N-ethyl adjacent to an activating group) is 1. The van der Waals surface area contributed by atoms with Crippen molar-refractivity contribution < 1.29 is 9.47 Å². The van der Waals surface area contributed by atoms with Crippen molar-refractivity contribution in [1.82, 2.24) is 4.90 Å². The zero-order valence-corrected chi connectivity index (χ0v) is 10.1. The highest BCUT2D eigenvalue weighted by Crippen LogP contribution is 2.17. The number of methoxy groups -OCH3 is 1. The van der Waals surface area contributed by atoms with Gasteiger partial charge in [0.1, 0.15) is 0 Å². The molecule has 15 heavy (non-hydrogen) atoms. The van der Waals surface area contributed by atoms with E-state index in [0.29, 0.717) is 24.5 Å². The summed E-state index contributed by atoms with van der Waals surface area (Å²) in [6.07, 6.45) is 1.12. The average molecular weight is 216 g/mol. The molecule has 3 atom stereocenters. The summed E-state index contributed by atoms with van der Waals surface area (Å²) in [5.74, 6) is 0.464. The lowest BCUT2D eigenvalue weighted by atomic mass is 10.00. The first-order chi connectivity index (χ1) is 7.20. The van der Waals surface area contributed by atoms with Crippen molar-refractivity contribution in [1.29, 1.82) is 0 Å². The highest BCUT2D eigenvalue weighted by molar-refractivity contribution is 4.83. The SMILES string of the molecule is COCC(C)C(CN)N(C)C1CCOC1. The van der Waals surface area contributed by atoms with Gasteiger partial charge in [-0.1, -0.05) is 6.92 Å². The fraction of sp³-hybridized carbons (Fsp3) is 1.00. The number of nitrogens with two attached hydrogens (primary N) is 1. The summed E-state index contributed by atoms with van der Waals surface area (Å²) in [5, 5.41) is 0. The third-order valence-corrected chi connectivity index (χ3v) is 3.33. The largest absolute Gasteiger partial charge is 0.384 e. The van der Waals surface area contributed by atoms with Gasteiger partial charge >= 0.3 is 0 Å². The lowest BCUT2D eigenvalue weighted by Gasteiger charge is -2.35. The summed E-state index contributed by atoms with van der Waals surface area (Å²) < 4.78 is 10.6. The second kappa shape index (κ2) is 6.43. The van der Waals surface area contributed by atoms with Crippen molar-refractivity contribution in [2.45, 2.75) is 25.4 Å². The molecular weight excluding hydrogens is 192 g/mol. The number of hydrogen-bond acceptors (Lipinski definition) is 4. The van der Waals surface area contributed by atoms with E-state index in [1.54, 1.807) is 7.11 Å². The maximum absolute atomic E-state index is 5.83. The van der Waals surface area contributed by atoms with Gasteiger partial charge in [0.05, 0.1) is 13.2 Å². The molecule has 1 fully saturated rings. The molecule has 4 nitrogen and oxygen atoms in total. The van der Waals surface area contributed by atoms with Gasteiger partial charge in [-0.05, 0) is 19.4 Å². The Morgan fingerprint density at radius 1 is 1.60 bits per heavy atom. The molecule has 0 radical (unpaired) electrons. The van der Waals surface area contributed by atoms with E-state index in [1.807, 2.05) is 0 Å². The molecule has 3 unspecified atom stereocenters. The van der Waals surface area contributed by atoms with Crippen LogP contribution in [0.3, 0.4) is 0 Å². The van der Waals surface area contributed by atoms with Crippen LogP contribution in [0.15, 0.2) is 0 Å². The summed E-state index contributed by atoms with van der Waals surface area (Å²) in [6.45, 7) is 5.35. The Bertz CT molecular complexity index is 172. The molecule has 1 rings (SSSR count). The third kappa shape index (κ3) is 3.41. The Morgan fingerprint density at radius 3 is 2.80 bits per heavy atom. The Labute approximate surface area is 92.7 Å². The molecular formula is C11H24N2O2. The minimum Gasteiger partial charge on any atom is -0.384 e. The smallest absolute Gasteiger partial charge is 0.0622 e. The number of nitrogens with zero attached hydrogens (tertiary/aromatic N) is 1. The number of ether oxygens (including phenoxy) is 2. The fourth-order valence-corrected chi connectivity index (χ4v) is 2.29. The molecule has 2 N–H and O–H groups in total. The number of hydrogen-bond donors (Lipinski definition) is 1. The van der Waals surface area contributed by atoms with Gasteiger partial charge in [-0.3, -0.25) is 4.90 Å². The standard InChI is InChI=1S/C11H24N2O2/c1-9(7-14-3)11(6-12)13(2)10-4-5-15-8-10/h9-11H,4-8,12H2,1-3H3. The molecule has 0 aromatic heterocycles. The van der Waals surface area contributed by atoms with E-state index in [2.05, 4.69) is 18.9 Å². The van der Waals surface area contributed by atoms with Crippen molar-refractivity contribution in [3.63, 3.8) is 0 Å². The van der Waals surface area contributed by atoms with Crippen molar-refractivity contribution in [3.05, 3.63) is 0 Å². The van der Waals surface area contributed by atoms with E-state index in [1.165, 1.54) is 0 Å². The highest BCUT2D eigenvalue weighted by atomic mass is 16.5. The first-order valence-electron chi connectivity index (χ1n) is 5.69. The van der Waals surface area contributed by atoms with Crippen molar-refractivity contribution in [3.8, 4) is 0 Å². The maximum Gasteiger partial charge on any atom is 0.0622 e.